The lowest BCUT2D eigenvalue weighted by Crippen LogP contribution is -2.52. The van der Waals surface area contributed by atoms with Crippen LogP contribution in [0.3, 0.4) is 0 Å². The van der Waals surface area contributed by atoms with E-state index in [9.17, 15) is 14.4 Å². The van der Waals surface area contributed by atoms with E-state index in [2.05, 4.69) is 27.5 Å². The topological polar surface area (TPSA) is 85.0 Å². The number of nitrogens with one attached hydrogen (secondary N) is 2. The summed E-state index contributed by atoms with van der Waals surface area (Å²) in [6.45, 7) is 6.85. The van der Waals surface area contributed by atoms with Gasteiger partial charge in [0, 0.05) is 74.4 Å². The molecule has 0 aromatic heterocycles. The standard InChI is InChI=1S/C28H41Cl2N5O3/c1-33-14-16-34(17-15-33)13-10-31-25(36)5-4-24(32-26(37)21-18-22(29)20-23(30)19-21)27(38)35-11-8-28(9-12-35)6-2-3-7-28/h18-20,24H,2-17H2,1H3,(H,31,36)(H,32,37). The second-order valence-electron chi connectivity index (χ2n) is 11.3. The van der Waals surface area contributed by atoms with Gasteiger partial charge in [-0.25, -0.2) is 0 Å². The molecule has 3 amide bonds. The zero-order valence-corrected chi connectivity index (χ0v) is 24.0. The van der Waals surface area contributed by atoms with Gasteiger partial charge in [-0.05, 0) is 62.8 Å². The number of nitrogens with zero attached hydrogens (tertiary/aromatic N) is 3. The van der Waals surface area contributed by atoms with Crippen LogP contribution in [0.5, 0.6) is 0 Å². The van der Waals surface area contributed by atoms with Crippen LogP contribution in [0.4, 0.5) is 0 Å². The van der Waals surface area contributed by atoms with Gasteiger partial charge in [0.2, 0.25) is 11.8 Å². The number of piperidine rings is 1. The Bertz CT molecular complexity index is 962. The maximum absolute atomic E-state index is 13.6. The zero-order chi connectivity index (χ0) is 27.1. The van der Waals surface area contributed by atoms with Gasteiger partial charge < -0.3 is 20.4 Å². The van der Waals surface area contributed by atoms with Crippen LogP contribution in [0.25, 0.3) is 0 Å². The number of halogens is 2. The van der Waals surface area contributed by atoms with E-state index < -0.39 is 11.9 Å². The molecular formula is C28H41Cl2N5O3. The number of likely N-dealkylation sites (tertiary alicyclic amines) is 1. The molecule has 1 aromatic carbocycles. The zero-order valence-electron chi connectivity index (χ0n) is 22.4. The van der Waals surface area contributed by atoms with E-state index in [4.69, 9.17) is 23.2 Å². The van der Waals surface area contributed by atoms with Crippen LogP contribution < -0.4 is 10.6 Å². The van der Waals surface area contributed by atoms with Crippen molar-refractivity contribution in [3.63, 3.8) is 0 Å². The molecular weight excluding hydrogens is 525 g/mol. The molecule has 2 saturated heterocycles. The number of likely N-dealkylation sites (N-methyl/N-ethyl adjacent to an activating group) is 1. The van der Waals surface area contributed by atoms with Crippen molar-refractivity contribution in [3.05, 3.63) is 33.8 Å². The normalized spacial score (nSPS) is 20.9. The van der Waals surface area contributed by atoms with Gasteiger partial charge in [0.1, 0.15) is 6.04 Å². The first-order valence-electron chi connectivity index (χ1n) is 14.0. The number of carbonyl (C=O) groups excluding carboxylic acids is 3. The monoisotopic (exact) mass is 565 g/mol. The molecule has 1 unspecified atom stereocenters. The van der Waals surface area contributed by atoms with Crippen LogP contribution in [-0.4, -0.2) is 97.9 Å². The predicted octanol–water partition coefficient (Wildman–Crippen LogP) is 3.42. The summed E-state index contributed by atoms with van der Waals surface area (Å²) >= 11 is 12.2. The van der Waals surface area contributed by atoms with Crippen LogP contribution in [0.1, 0.15) is 61.7 Å². The molecule has 2 aliphatic heterocycles. The highest BCUT2D eigenvalue weighted by Crippen LogP contribution is 2.46. The summed E-state index contributed by atoms with van der Waals surface area (Å²) in [5.41, 5.74) is 0.678. The Labute approximate surface area is 236 Å². The number of rotatable bonds is 9. The molecule has 2 N–H and O–H groups in total. The average Bonchev–Trinajstić information content (AvgIpc) is 3.34. The molecule has 1 spiro atoms. The molecule has 8 nitrogen and oxygen atoms in total. The summed E-state index contributed by atoms with van der Waals surface area (Å²) < 4.78 is 0. The third kappa shape index (κ3) is 8.07. The highest BCUT2D eigenvalue weighted by molar-refractivity contribution is 6.35. The Hall–Kier alpha value is -1.87. The van der Waals surface area contributed by atoms with Crippen LogP contribution in [0.2, 0.25) is 10.0 Å². The molecule has 0 radical (unpaired) electrons. The fraction of sp³-hybridized carbons (Fsp3) is 0.679. The van der Waals surface area contributed by atoms with Gasteiger partial charge in [0.25, 0.3) is 5.91 Å². The smallest absolute Gasteiger partial charge is 0.252 e. The first-order chi connectivity index (χ1) is 18.2. The number of carbonyl (C=O) groups is 3. The number of piperazine rings is 1. The van der Waals surface area contributed by atoms with Crippen molar-refractivity contribution in [1.29, 1.82) is 0 Å². The van der Waals surface area contributed by atoms with Crippen molar-refractivity contribution in [2.24, 2.45) is 5.41 Å². The van der Waals surface area contributed by atoms with E-state index in [1.54, 1.807) is 6.07 Å². The van der Waals surface area contributed by atoms with Gasteiger partial charge in [-0.3, -0.25) is 19.3 Å². The lowest BCUT2D eigenvalue weighted by atomic mass is 9.77. The Morgan fingerprint density at radius 2 is 1.55 bits per heavy atom. The second-order valence-corrected chi connectivity index (χ2v) is 12.1. The largest absolute Gasteiger partial charge is 0.355 e. The van der Waals surface area contributed by atoms with Crippen LogP contribution in [0, 0.1) is 5.41 Å². The first-order valence-corrected chi connectivity index (χ1v) is 14.7. The van der Waals surface area contributed by atoms with Gasteiger partial charge in [0.15, 0.2) is 0 Å². The average molecular weight is 567 g/mol. The van der Waals surface area contributed by atoms with Crippen LogP contribution in [-0.2, 0) is 9.59 Å². The van der Waals surface area contributed by atoms with Crippen molar-refractivity contribution < 1.29 is 14.4 Å². The minimum atomic E-state index is -0.790. The van der Waals surface area contributed by atoms with Gasteiger partial charge in [-0.2, -0.15) is 0 Å². The highest BCUT2D eigenvalue weighted by Gasteiger charge is 2.39. The van der Waals surface area contributed by atoms with E-state index in [1.165, 1.54) is 37.8 Å². The Morgan fingerprint density at radius 1 is 0.921 bits per heavy atom. The van der Waals surface area contributed by atoms with Crippen molar-refractivity contribution in [2.75, 3.05) is 59.4 Å². The SMILES string of the molecule is CN1CCN(CCNC(=O)CCC(NC(=O)c2cc(Cl)cc(Cl)c2)C(=O)N2CCC3(CCCC3)CC2)CC1. The maximum atomic E-state index is 13.6. The van der Waals surface area contributed by atoms with Crippen molar-refractivity contribution in [1.82, 2.24) is 25.3 Å². The first kappa shape index (κ1) is 29.1. The molecule has 1 atom stereocenters. The van der Waals surface area contributed by atoms with Gasteiger partial charge in [-0.1, -0.05) is 36.0 Å². The maximum Gasteiger partial charge on any atom is 0.252 e. The highest BCUT2D eigenvalue weighted by atomic mass is 35.5. The summed E-state index contributed by atoms with van der Waals surface area (Å²) in [6, 6.07) is 3.82. The molecule has 1 aliphatic carbocycles. The van der Waals surface area contributed by atoms with E-state index in [0.29, 0.717) is 40.7 Å². The van der Waals surface area contributed by atoms with E-state index >= 15 is 0 Å². The van der Waals surface area contributed by atoms with E-state index in [0.717, 1.165) is 45.6 Å². The molecule has 2 heterocycles. The predicted molar refractivity (Wildman–Crippen MR) is 151 cm³/mol. The third-order valence-corrected chi connectivity index (χ3v) is 8.97. The fourth-order valence-electron chi connectivity index (χ4n) is 6.02. The van der Waals surface area contributed by atoms with E-state index in [-0.39, 0.29) is 24.7 Å². The molecule has 1 saturated carbocycles. The van der Waals surface area contributed by atoms with Crippen molar-refractivity contribution in [2.45, 2.75) is 57.4 Å². The molecule has 3 fully saturated rings. The minimum Gasteiger partial charge on any atom is -0.355 e. The fourth-order valence-corrected chi connectivity index (χ4v) is 6.55. The second kappa shape index (κ2) is 13.5. The Balaban J connectivity index is 1.33. The summed E-state index contributed by atoms with van der Waals surface area (Å²) in [4.78, 5) is 45.8. The summed E-state index contributed by atoms with van der Waals surface area (Å²) in [6.07, 6.45) is 7.47. The number of amides is 3. The van der Waals surface area contributed by atoms with Crippen LogP contribution in [0.15, 0.2) is 18.2 Å². The third-order valence-electron chi connectivity index (χ3n) is 8.53. The molecule has 0 bridgehead atoms. The molecule has 3 aliphatic rings. The Kier molecular flexibility index (Phi) is 10.3. The summed E-state index contributed by atoms with van der Waals surface area (Å²) in [7, 11) is 2.12. The molecule has 10 heteroatoms. The number of hydrogen-bond donors (Lipinski definition) is 2. The van der Waals surface area contributed by atoms with Crippen molar-refractivity contribution in [3.8, 4) is 0 Å². The molecule has 210 valence electrons. The number of hydrogen-bond acceptors (Lipinski definition) is 5. The van der Waals surface area contributed by atoms with E-state index in [1.807, 2.05) is 4.90 Å². The lowest BCUT2D eigenvalue weighted by Gasteiger charge is -2.40. The minimum absolute atomic E-state index is 0.111. The van der Waals surface area contributed by atoms with Crippen LogP contribution >= 0.6 is 23.2 Å². The Morgan fingerprint density at radius 3 is 2.18 bits per heavy atom. The summed E-state index contributed by atoms with van der Waals surface area (Å²) in [5, 5.41) is 6.55. The number of benzene rings is 1. The van der Waals surface area contributed by atoms with Gasteiger partial charge in [0.05, 0.1) is 0 Å². The summed E-state index contributed by atoms with van der Waals surface area (Å²) in [5.74, 6) is -0.655. The van der Waals surface area contributed by atoms with Crippen molar-refractivity contribution >= 4 is 40.9 Å². The lowest BCUT2D eigenvalue weighted by molar-refractivity contribution is -0.136. The van der Waals surface area contributed by atoms with Gasteiger partial charge >= 0.3 is 0 Å². The molecule has 1 aromatic rings. The van der Waals surface area contributed by atoms with Gasteiger partial charge in [-0.15, -0.1) is 0 Å². The molecule has 38 heavy (non-hydrogen) atoms. The molecule has 4 rings (SSSR count). The quantitative estimate of drug-likeness (QED) is 0.479.